The summed E-state index contributed by atoms with van der Waals surface area (Å²) < 4.78 is 25.9. The van der Waals surface area contributed by atoms with Crippen molar-refractivity contribution in [2.24, 2.45) is 5.41 Å². The summed E-state index contributed by atoms with van der Waals surface area (Å²) in [6.07, 6.45) is 3.28. The second-order valence-electron chi connectivity index (χ2n) is 4.92. The summed E-state index contributed by atoms with van der Waals surface area (Å²) in [6.45, 7) is 5.92. The average molecular weight is 254 g/mol. The van der Waals surface area contributed by atoms with Crippen LogP contribution in [0.15, 0.2) is 30.5 Å². The molecule has 18 heavy (non-hydrogen) atoms. The highest BCUT2D eigenvalue weighted by molar-refractivity contribution is 5.89. The van der Waals surface area contributed by atoms with Gasteiger partial charge in [-0.15, -0.1) is 0 Å². The number of urea groups is 1. The van der Waals surface area contributed by atoms with E-state index < -0.39 is 17.7 Å². The molecule has 1 aromatic rings. The fourth-order valence-electron chi connectivity index (χ4n) is 1.12. The highest BCUT2D eigenvalue weighted by Crippen LogP contribution is 2.15. The lowest BCUT2D eigenvalue weighted by molar-refractivity contribution is 0.255. The molecule has 0 aliphatic carbocycles. The normalized spacial score (nSPS) is 11.6. The first kappa shape index (κ1) is 14.2. The third kappa shape index (κ3) is 4.95. The third-order valence-corrected chi connectivity index (χ3v) is 1.98. The van der Waals surface area contributed by atoms with Crippen LogP contribution in [0.1, 0.15) is 20.8 Å². The molecule has 0 aliphatic heterocycles. The van der Waals surface area contributed by atoms with Gasteiger partial charge in [-0.25, -0.2) is 13.6 Å². The van der Waals surface area contributed by atoms with Gasteiger partial charge < -0.3 is 10.6 Å². The molecule has 3 nitrogen and oxygen atoms in total. The number of nitrogens with one attached hydrogen (secondary N) is 2. The maximum Gasteiger partial charge on any atom is 0.323 e. The lowest BCUT2D eigenvalue weighted by Gasteiger charge is -2.11. The van der Waals surface area contributed by atoms with Crippen molar-refractivity contribution in [1.29, 1.82) is 0 Å². The summed E-state index contributed by atoms with van der Waals surface area (Å²) in [5.74, 6) is -1.50. The molecule has 0 bridgehead atoms. The number of hydrogen-bond donors (Lipinski definition) is 2. The Bertz CT molecular complexity index is 465. The Kier molecular flexibility index (Phi) is 4.42. The van der Waals surface area contributed by atoms with Gasteiger partial charge in [0.15, 0.2) is 0 Å². The molecule has 0 aromatic heterocycles. The Morgan fingerprint density at radius 3 is 2.50 bits per heavy atom. The number of benzene rings is 1. The van der Waals surface area contributed by atoms with E-state index in [1.165, 1.54) is 6.20 Å². The van der Waals surface area contributed by atoms with E-state index in [0.29, 0.717) is 6.07 Å². The van der Waals surface area contributed by atoms with Crippen LogP contribution in [0.5, 0.6) is 0 Å². The van der Waals surface area contributed by atoms with Crippen molar-refractivity contribution in [1.82, 2.24) is 5.32 Å². The molecule has 1 rings (SSSR count). The zero-order valence-corrected chi connectivity index (χ0v) is 10.6. The van der Waals surface area contributed by atoms with Crippen LogP contribution in [0, 0.1) is 17.0 Å². The number of carbonyl (C=O) groups is 1. The summed E-state index contributed by atoms with van der Waals surface area (Å²) in [5, 5.41) is 4.72. The first-order valence-corrected chi connectivity index (χ1v) is 5.48. The van der Waals surface area contributed by atoms with Crippen LogP contribution >= 0.6 is 0 Å². The smallest absolute Gasteiger partial charge is 0.315 e. The van der Waals surface area contributed by atoms with E-state index in [2.05, 4.69) is 10.6 Å². The quantitative estimate of drug-likeness (QED) is 0.831. The molecular formula is C13H16F2N2O. The SMILES string of the molecule is CC(C)(C)/C=C/NC(=O)Nc1ccc(F)cc1F. The number of rotatable bonds is 2. The lowest BCUT2D eigenvalue weighted by atomic mass is 9.97. The predicted molar refractivity (Wildman–Crippen MR) is 67.1 cm³/mol. The van der Waals surface area contributed by atoms with Crippen LogP contribution < -0.4 is 10.6 Å². The summed E-state index contributed by atoms with van der Waals surface area (Å²) in [6, 6.07) is 2.36. The molecule has 0 aliphatic rings. The van der Waals surface area contributed by atoms with Crippen LogP contribution in [-0.2, 0) is 0 Å². The minimum Gasteiger partial charge on any atom is -0.315 e. The summed E-state index contributed by atoms with van der Waals surface area (Å²) in [4.78, 5) is 11.4. The number of carbonyl (C=O) groups excluding carboxylic acids is 1. The standard InChI is InChI=1S/C13H16F2N2O/c1-13(2,3)6-7-16-12(18)17-11-5-4-9(14)8-10(11)15/h4-8H,1-3H3,(H2,16,17,18)/b7-6+. The summed E-state index contributed by atoms with van der Waals surface area (Å²) in [5.41, 5.74) is -0.132. The molecule has 2 amide bonds. The van der Waals surface area contributed by atoms with Crippen LogP contribution in [0.3, 0.4) is 0 Å². The molecule has 0 spiro atoms. The van der Waals surface area contributed by atoms with E-state index in [1.54, 1.807) is 6.08 Å². The molecule has 0 fully saturated rings. The summed E-state index contributed by atoms with van der Waals surface area (Å²) >= 11 is 0. The van der Waals surface area contributed by atoms with Crippen molar-refractivity contribution in [3.05, 3.63) is 42.1 Å². The predicted octanol–water partition coefficient (Wildman–Crippen LogP) is 3.65. The van der Waals surface area contributed by atoms with E-state index in [1.807, 2.05) is 20.8 Å². The minimum absolute atomic E-state index is 0.0611. The van der Waals surface area contributed by atoms with Crippen LogP contribution in [0.4, 0.5) is 19.3 Å². The highest BCUT2D eigenvalue weighted by atomic mass is 19.1. The first-order chi connectivity index (χ1) is 8.28. The first-order valence-electron chi connectivity index (χ1n) is 5.48. The van der Waals surface area contributed by atoms with Gasteiger partial charge in [0.2, 0.25) is 0 Å². The van der Waals surface area contributed by atoms with Crippen molar-refractivity contribution < 1.29 is 13.6 Å². The van der Waals surface area contributed by atoms with E-state index in [-0.39, 0.29) is 11.1 Å². The largest absolute Gasteiger partial charge is 0.323 e. The van der Waals surface area contributed by atoms with Gasteiger partial charge in [0, 0.05) is 12.3 Å². The van der Waals surface area contributed by atoms with Crippen LogP contribution in [0.2, 0.25) is 0 Å². The van der Waals surface area contributed by atoms with Gasteiger partial charge in [-0.2, -0.15) is 0 Å². The molecule has 0 heterocycles. The minimum atomic E-state index is -0.815. The fourth-order valence-corrected chi connectivity index (χ4v) is 1.12. The number of amides is 2. The van der Waals surface area contributed by atoms with E-state index in [4.69, 9.17) is 0 Å². The third-order valence-electron chi connectivity index (χ3n) is 1.98. The molecule has 5 heteroatoms. The van der Waals surface area contributed by atoms with Crippen molar-refractivity contribution in [2.45, 2.75) is 20.8 Å². The molecule has 0 radical (unpaired) electrons. The van der Waals surface area contributed by atoms with Crippen molar-refractivity contribution in [2.75, 3.05) is 5.32 Å². The Hall–Kier alpha value is -1.91. The Balaban J connectivity index is 2.58. The number of anilines is 1. The average Bonchev–Trinajstić information content (AvgIpc) is 2.20. The van der Waals surface area contributed by atoms with Gasteiger partial charge in [0.25, 0.3) is 0 Å². The zero-order chi connectivity index (χ0) is 13.8. The Morgan fingerprint density at radius 1 is 1.28 bits per heavy atom. The van der Waals surface area contributed by atoms with Gasteiger partial charge >= 0.3 is 6.03 Å². The van der Waals surface area contributed by atoms with Crippen LogP contribution in [-0.4, -0.2) is 6.03 Å². The van der Waals surface area contributed by atoms with Gasteiger partial charge in [-0.3, -0.25) is 0 Å². The topological polar surface area (TPSA) is 41.1 Å². The van der Waals surface area contributed by atoms with E-state index >= 15 is 0 Å². The molecule has 98 valence electrons. The van der Waals surface area contributed by atoms with Gasteiger partial charge in [0.05, 0.1) is 5.69 Å². The maximum atomic E-state index is 13.2. The van der Waals surface area contributed by atoms with Crippen molar-refractivity contribution >= 4 is 11.7 Å². The molecule has 2 N–H and O–H groups in total. The van der Waals surface area contributed by atoms with Crippen molar-refractivity contribution in [3.63, 3.8) is 0 Å². The van der Waals surface area contributed by atoms with Gasteiger partial charge in [-0.1, -0.05) is 26.8 Å². The second-order valence-corrected chi connectivity index (χ2v) is 4.92. The molecule has 0 saturated heterocycles. The van der Waals surface area contributed by atoms with E-state index in [0.717, 1.165) is 12.1 Å². The number of allylic oxidation sites excluding steroid dienone is 1. The fraction of sp³-hybridized carbons (Fsp3) is 0.308. The number of hydrogen-bond acceptors (Lipinski definition) is 1. The maximum absolute atomic E-state index is 13.2. The monoisotopic (exact) mass is 254 g/mol. The molecule has 0 saturated carbocycles. The Labute approximate surface area is 105 Å². The van der Waals surface area contributed by atoms with Crippen LogP contribution in [0.25, 0.3) is 0 Å². The Morgan fingerprint density at radius 2 is 1.94 bits per heavy atom. The molecule has 0 atom stereocenters. The van der Waals surface area contributed by atoms with Gasteiger partial charge in [-0.05, 0) is 17.5 Å². The molecular weight excluding hydrogens is 238 g/mol. The lowest BCUT2D eigenvalue weighted by Crippen LogP contribution is -2.24. The second kappa shape index (κ2) is 5.62. The van der Waals surface area contributed by atoms with Crippen molar-refractivity contribution in [3.8, 4) is 0 Å². The molecule has 0 unspecified atom stereocenters. The molecule has 1 aromatic carbocycles. The van der Waals surface area contributed by atoms with E-state index in [9.17, 15) is 13.6 Å². The number of halogens is 2. The van der Waals surface area contributed by atoms with Gasteiger partial charge in [0.1, 0.15) is 11.6 Å². The highest BCUT2D eigenvalue weighted by Gasteiger charge is 2.07. The zero-order valence-electron chi connectivity index (χ0n) is 10.6. The summed E-state index contributed by atoms with van der Waals surface area (Å²) in [7, 11) is 0.